The van der Waals surface area contributed by atoms with Gasteiger partial charge in [0.05, 0.1) is 29.3 Å². The summed E-state index contributed by atoms with van der Waals surface area (Å²) in [4.78, 5) is 55.3. The van der Waals surface area contributed by atoms with E-state index in [1.165, 1.54) is 128 Å². The predicted molar refractivity (Wildman–Crippen MR) is 285 cm³/mol. The largest absolute Gasteiger partial charge is 0.455 e. The van der Waals surface area contributed by atoms with Gasteiger partial charge in [-0.05, 0) is 68.0 Å². The second kappa shape index (κ2) is 39.2. The summed E-state index contributed by atoms with van der Waals surface area (Å²) in [7, 11) is 0. The predicted octanol–water partition coefficient (Wildman–Crippen LogP) is 15.5. The maximum absolute atomic E-state index is 14.3. The van der Waals surface area contributed by atoms with Gasteiger partial charge in [0.15, 0.2) is 12.2 Å². The molecule has 9 heteroatoms. The van der Waals surface area contributed by atoms with Crippen molar-refractivity contribution in [2.75, 3.05) is 6.61 Å². The Balaban J connectivity index is 1.66. The summed E-state index contributed by atoms with van der Waals surface area (Å²) in [5.74, 6) is -1.78. The van der Waals surface area contributed by atoms with Crippen LogP contribution in [0.15, 0.2) is 91.0 Å². The molecule has 0 saturated heterocycles. The molecule has 4 atom stereocenters. The summed E-state index contributed by atoms with van der Waals surface area (Å²) < 4.78 is 18.3. The van der Waals surface area contributed by atoms with E-state index >= 15 is 0 Å². The van der Waals surface area contributed by atoms with Crippen LogP contribution in [0.1, 0.15) is 244 Å². The van der Waals surface area contributed by atoms with Crippen molar-refractivity contribution in [3.8, 4) is 0 Å². The van der Waals surface area contributed by atoms with E-state index < -0.39 is 54.8 Å². The molecule has 0 bridgehead atoms. The minimum absolute atomic E-state index is 0.275. The third-order valence-electron chi connectivity index (χ3n) is 13.4. The van der Waals surface area contributed by atoms with E-state index in [0.717, 1.165) is 44.4 Å². The summed E-state index contributed by atoms with van der Waals surface area (Å²) in [5, 5.41) is 13.9. The van der Waals surface area contributed by atoms with Gasteiger partial charge < -0.3 is 24.6 Å². The maximum atomic E-state index is 14.3. The summed E-state index contributed by atoms with van der Waals surface area (Å²) in [6.45, 7) is 6.18. The van der Waals surface area contributed by atoms with Gasteiger partial charge in [0.25, 0.3) is 5.91 Å². The Bertz CT molecular complexity index is 1770. The Hall–Kier alpha value is -4.50. The van der Waals surface area contributed by atoms with Crippen molar-refractivity contribution in [3.05, 3.63) is 108 Å². The molecule has 1 amide bonds. The molecule has 0 aliphatic rings. The van der Waals surface area contributed by atoms with Crippen molar-refractivity contribution in [2.24, 2.45) is 5.92 Å². The Labute approximate surface area is 424 Å². The van der Waals surface area contributed by atoms with Crippen LogP contribution in [0.4, 0.5) is 0 Å². The lowest BCUT2D eigenvalue weighted by atomic mass is 9.98. The first-order valence-corrected chi connectivity index (χ1v) is 27.9. The average molecular weight is 968 g/mol. The Morgan fingerprint density at radius 1 is 0.429 bits per heavy atom. The number of carbonyl (C=O) groups is 4. The Morgan fingerprint density at radius 2 is 0.757 bits per heavy atom. The summed E-state index contributed by atoms with van der Waals surface area (Å²) in [5.41, 5.74) is 0.925. The molecular weight excluding hydrogens is 875 g/mol. The van der Waals surface area contributed by atoms with Gasteiger partial charge in [0.1, 0.15) is 6.10 Å². The van der Waals surface area contributed by atoms with Crippen molar-refractivity contribution in [1.29, 1.82) is 0 Å². The molecule has 2 N–H and O–H groups in total. The number of aliphatic hydroxyl groups excluding tert-OH is 1. The van der Waals surface area contributed by atoms with E-state index in [2.05, 4.69) is 26.1 Å². The number of benzene rings is 3. The molecule has 0 aliphatic carbocycles. The standard InChI is InChI=1S/C61H93NO8/c1-4-5-6-7-8-9-10-11-12-13-14-15-16-17-20-24-27-39-48-56(69-60(66)52-43-34-29-35-44-52)58(64)62-54(49-63)57(70-61(67)53-45-36-30-37-46-53)55(68-59(65)51-41-32-28-33-42-51)47-38-26-23-21-18-19-22-25-31-40-50(2)3/h28-30,32-37,41-46,50,54-57,63H,4-27,31,38-40,47-49H2,1-3H3,(H,62,64)/t54-,55+,56+,57-/m0/s1. The number of hydrogen-bond acceptors (Lipinski definition) is 8. The van der Waals surface area contributed by atoms with Crippen LogP contribution in [0.3, 0.4) is 0 Å². The molecule has 0 saturated carbocycles. The lowest BCUT2D eigenvalue weighted by molar-refractivity contribution is -0.133. The Kier molecular flexibility index (Phi) is 33.5. The van der Waals surface area contributed by atoms with Crippen molar-refractivity contribution < 1.29 is 38.5 Å². The van der Waals surface area contributed by atoms with Gasteiger partial charge in [-0.25, -0.2) is 14.4 Å². The number of unbranched alkanes of at least 4 members (excludes halogenated alkanes) is 25. The summed E-state index contributed by atoms with van der Waals surface area (Å²) >= 11 is 0. The van der Waals surface area contributed by atoms with Crippen LogP contribution in [0.2, 0.25) is 0 Å². The number of carbonyl (C=O) groups excluding carboxylic acids is 4. The molecule has 70 heavy (non-hydrogen) atoms. The average Bonchev–Trinajstić information content (AvgIpc) is 3.38. The summed E-state index contributed by atoms with van der Waals surface area (Å²) in [6, 6.07) is 24.5. The quantitative estimate of drug-likeness (QED) is 0.0326. The second-order valence-corrected chi connectivity index (χ2v) is 20.1. The van der Waals surface area contributed by atoms with Crippen molar-refractivity contribution in [2.45, 2.75) is 238 Å². The molecule has 0 fully saturated rings. The number of aliphatic hydroxyl groups is 1. The molecule has 0 spiro atoms. The highest BCUT2D eigenvalue weighted by atomic mass is 16.6. The molecule has 0 heterocycles. The molecule has 390 valence electrons. The van der Waals surface area contributed by atoms with E-state index in [9.17, 15) is 24.3 Å². The topological polar surface area (TPSA) is 128 Å². The van der Waals surface area contributed by atoms with E-state index in [-0.39, 0.29) is 12.0 Å². The minimum Gasteiger partial charge on any atom is -0.455 e. The third kappa shape index (κ3) is 27.2. The zero-order chi connectivity index (χ0) is 50.3. The highest BCUT2D eigenvalue weighted by Gasteiger charge is 2.38. The van der Waals surface area contributed by atoms with Gasteiger partial charge in [-0.2, -0.15) is 0 Å². The number of amides is 1. The molecule has 9 nitrogen and oxygen atoms in total. The zero-order valence-corrected chi connectivity index (χ0v) is 43.8. The van der Waals surface area contributed by atoms with Gasteiger partial charge in [-0.3, -0.25) is 4.79 Å². The highest BCUT2D eigenvalue weighted by Crippen LogP contribution is 2.23. The van der Waals surface area contributed by atoms with Crippen LogP contribution < -0.4 is 5.32 Å². The first-order chi connectivity index (χ1) is 34.2. The maximum Gasteiger partial charge on any atom is 0.338 e. The van der Waals surface area contributed by atoms with Crippen molar-refractivity contribution in [1.82, 2.24) is 5.32 Å². The van der Waals surface area contributed by atoms with E-state index in [0.29, 0.717) is 30.4 Å². The van der Waals surface area contributed by atoms with Gasteiger partial charge in [0, 0.05) is 0 Å². The van der Waals surface area contributed by atoms with Crippen LogP contribution in [0.5, 0.6) is 0 Å². The van der Waals surface area contributed by atoms with Gasteiger partial charge >= 0.3 is 17.9 Å². The van der Waals surface area contributed by atoms with Crippen LogP contribution in [0.25, 0.3) is 0 Å². The first-order valence-electron chi connectivity index (χ1n) is 27.9. The molecule has 0 radical (unpaired) electrons. The first kappa shape index (κ1) is 59.8. The fraction of sp³-hybridized carbons (Fsp3) is 0.639. The van der Waals surface area contributed by atoms with Crippen LogP contribution in [-0.4, -0.2) is 59.9 Å². The van der Waals surface area contributed by atoms with Crippen LogP contribution >= 0.6 is 0 Å². The number of nitrogens with one attached hydrogen (secondary N) is 1. The van der Waals surface area contributed by atoms with Gasteiger partial charge in [-0.1, -0.05) is 242 Å². The van der Waals surface area contributed by atoms with Crippen LogP contribution in [0, 0.1) is 5.92 Å². The molecule has 3 aromatic carbocycles. The van der Waals surface area contributed by atoms with Gasteiger partial charge in [-0.15, -0.1) is 0 Å². The van der Waals surface area contributed by atoms with E-state index in [1.807, 2.05) is 6.07 Å². The second-order valence-electron chi connectivity index (χ2n) is 20.1. The normalized spacial score (nSPS) is 13.0. The monoisotopic (exact) mass is 968 g/mol. The fourth-order valence-electron chi connectivity index (χ4n) is 9.14. The SMILES string of the molecule is CCCCCCCCCCCCCCCCCCCC[C@@H](OC(=O)c1ccccc1)C(=O)N[C@@H](CO)[C@H](OC(=O)c1ccccc1)[C@@H](CCCCCCCCCCCC(C)C)OC(=O)c1ccccc1. The van der Waals surface area contributed by atoms with Crippen molar-refractivity contribution >= 4 is 23.8 Å². The number of ether oxygens (including phenoxy) is 3. The van der Waals surface area contributed by atoms with Gasteiger partial charge in [0.2, 0.25) is 0 Å². The molecule has 0 unspecified atom stereocenters. The Morgan fingerprint density at radius 3 is 1.13 bits per heavy atom. The minimum atomic E-state index is -1.27. The zero-order valence-electron chi connectivity index (χ0n) is 43.8. The molecule has 3 rings (SSSR count). The number of esters is 3. The highest BCUT2D eigenvalue weighted by molar-refractivity contribution is 5.93. The van der Waals surface area contributed by atoms with Crippen LogP contribution in [-0.2, 0) is 19.0 Å². The lowest BCUT2D eigenvalue weighted by Crippen LogP contribution is -2.55. The van der Waals surface area contributed by atoms with E-state index in [4.69, 9.17) is 14.2 Å². The summed E-state index contributed by atoms with van der Waals surface area (Å²) in [6.07, 6.45) is 30.6. The third-order valence-corrected chi connectivity index (χ3v) is 13.4. The van der Waals surface area contributed by atoms with Crippen molar-refractivity contribution in [3.63, 3.8) is 0 Å². The number of rotatable bonds is 42. The van der Waals surface area contributed by atoms with E-state index in [1.54, 1.807) is 84.9 Å². The molecule has 0 aromatic heterocycles. The number of hydrogen-bond donors (Lipinski definition) is 2. The smallest absolute Gasteiger partial charge is 0.338 e. The molecule has 3 aromatic rings. The lowest BCUT2D eigenvalue weighted by Gasteiger charge is -2.33. The fourth-order valence-corrected chi connectivity index (χ4v) is 9.14. The molecular formula is C61H93NO8. The molecule has 0 aliphatic heterocycles.